The number of hydrogen-bond donors (Lipinski definition) is 1. The van der Waals surface area contributed by atoms with Crippen molar-refractivity contribution in [2.45, 2.75) is 24.3 Å². The highest BCUT2D eigenvalue weighted by Crippen LogP contribution is 2.37. The standard InChI is InChI=1S/C14H15FN2O2S2/c1-9-10-6-8-20-12(10)5-7-17(9)21(18,19)13-4-2-3-11(15)14(13)16/h2-4,6,8-9H,5,7,16H2,1H3. The van der Waals surface area contributed by atoms with Crippen LogP contribution in [-0.2, 0) is 16.4 Å². The van der Waals surface area contributed by atoms with Crippen LogP contribution in [-0.4, -0.2) is 19.3 Å². The summed E-state index contributed by atoms with van der Waals surface area (Å²) in [5.41, 5.74) is 6.32. The van der Waals surface area contributed by atoms with E-state index in [0.29, 0.717) is 13.0 Å². The van der Waals surface area contributed by atoms with Crippen molar-refractivity contribution < 1.29 is 12.8 Å². The highest BCUT2D eigenvalue weighted by atomic mass is 32.2. The lowest BCUT2D eigenvalue weighted by Gasteiger charge is -2.32. The van der Waals surface area contributed by atoms with Gasteiger partial charge in [-0.1, -0.05) is 6.07 Å². The normalized spacial score (nSPS) is 19.4. The predicted molar refractivity (Wildman–Crippen MR) is 81.1 cm³/mol. The Morgan fingerprint density at radius 3 is 2.90 bits per heavy atom. The van der Waals surface area contributed by atoms with Gasteiger partial charge in [-0.3, -0.25) is 0 Å². The summed E-state index contributed by atoms with van der Waals surface area (Å²) in [6.07, 6.45) is 0.672. The summed E-state index contributed by atoms with van der Waals surface area (Å²) in [6.45, 7) is 2.23. The topological polar surface area (TPSA) is 63.4 Å². The molecule has 0 aliphatic carbocycles. The maximum absolute atomic E-state index is 13.6. The van der Waals surface area contributed by atoms with Crippen LogP contribution in [0.4, 0.5) is 10.1 Å². The van der Waals surface area contributed by atoms with Crippen molar-refractivity contribution in [1.29, 1.82) is 0 Å². The number of nitrogen functional groups attached to an aromatic ring is 1. The Balaban J connectivity index is 2.06. The zero-order valence-electron chi connectivity index (χ0n) is 11.4. The van der Waals surface area contributed by atoms with Crippen molar-refractivity contribution in [3.05, 3.63) is 45.9 Å². The number of anilines is 1. The molecule has 21 heavy (non-hydrogen) atoms. The van der Waals surface area contributed by atoms with E-state index < -0.39 is 15.8 Å². The molecule has 1 aromatic heterocycles. The van der Waals surface area contributed by atoms with E-state index in [-0.39, 0.29) is 16.6 Å². The molecule has 1 aliphatic rings. The van der Waals surface area contributed by atoms with Gasteiger partial charge in [0.15, 0.2) is 0 Å². The lowest BCUT2D eigenvalue weighted by molar-refractivity contribution is 0.329. The van der Waals surface area contributed by atoms with Crippen molar-refractivity contribution in [2.75, 3.05) is 12.3 Å². The van der Waals surface area contributed by atoms with Gasteiger partial charge in [0.25, 0.3) is 0 Å². The Morgan fingerprint density at radius 1 is 1.38 bits per heavy atom. The fourth-order valence-electron chi connectivity index (χ4n) is 2.68. The van der Waals surface area contributed by atoms with Crippen molar-refractivity contribution in [1.82, 2.24) is 4.31 Å². The first-order valence-electron chi connectivity index (χ1n) is 6.55. The molecule has 0 saturated carbocycles. The highest BCUT2D eigenvalue weighted by molar-refractivity contribution is 7.89. The number of nitrogens with zero attached hydrogens (tertiary/aromatic N) is 1. The van der Waals surface area contributed by atoms with E-state index in [1.54, 1.807) is 11.3 Å². The Morgan fingerprint density at radius 2 is 2.14 bits per heavy atom. The largest absolute Gasteiger partial charge is 0.395 e. The van der Waals surface area contributed by atoms with E-state index in [4.69, 9.17) is 5.73 Å². The molecule has 2 N–H and O–H groups in total. The summed E-state index contributed by atoms with van der Waals surface area (Å²) >= 11 is 1.64. The second-order valence-corrected chi connectivity index (χ2v) is 7.85. The summed E-state index contributed by atoms with van der Waals surface area (Å²) in [5.74, 6) is -0.711. The second kappa shape index (κ2) is 5.08. The van der Waals surface area contributed by atoms with Gasteiger partial charge in [-0.05, 0) is 42.5 Å². The minimum atomic E-state index is -3.81. The molecule has 0 spiro atoms. The molecule has 0 fully saturated rings. The minimum Gasteiger partial charge on any atom is -0.395 e. The zero-order chi connectivity index (χ0) is 15.2. The van der Waals surface area contributed by atoms with Gasteiger partial charge >= 0.3 is 0 Å². The fraction of sp³-hybridized carbons (Fsp3) is 0.286. The predicted octanol–water partition coefficient (Wildman–Crippen LogP) is 2.78. The number of sulfonamides is 1. The number of hydrogen-bond acceptors (Lipinski definition) is 4. The van der Waals surface area contributed by atoms with Crippen LogP contribution in [0.15, 0.2) is 34.5 Å². The maximum atomic E-state index is 13.6. The van der Waals surface area contributed by atoms with Gasteiger partial charge in [-0.25, -0.2) is 12.8 Å². The van der Waals surface area contributed by atoms with Gasteiger partial charge in [0.1, 0.15) is 10.7 Å². The van der Waals surface area contributed by atoms with Gasteiger partial charge < -0.3 is 5.73 Å². The van der Waals surface area contributed by atoms with Crippen LogP contribution >= 0.6 is 11.3 Å². The first kappa shape index (κ1) is 14.5. The van der Waals surface area contributed by atoms with Gasteiger partial charge in [-0.15, -0.1) is 11.3 Å². The number of fused-ring (bicyclic) bond motifs is 1. The van der Waals surface area contributed by atoms with Crippen LogP contribution in [0.2, 0.25) is 0 Å². The average Bonchev–Trinajstić information content (AvgIpc) is 2.91. The molecule has 0 radical (unpaired) electrons. The van der Waals surface area contributed by atoms with Crippen LogP contribution < -0.4 is 5.73 Å². The number of nitrogens with two attached hydrogens (primary N) is 1. The third kappa shape index (κ3) is 2.25. The minimum absolute atomic E-state index is 0.159. The fourth-order valence-corrected chi connectivity index (χ4v) is 5.39. The van der Waals surface area contributed by atoms with Crippen molar-refractivity contribution >= 4 is 27.0 Å². The molecular formula is C14H15FN2O2S2. The van der Waals surface area contributed by atoms with Gasteiger partial charge in [0.2, 0.25) is 10.0 Å². The summed E-state index contributed by atoms with van der Waals surface area (Å²) < 4.78 is 40.5. The molecule has 7 heteroatoms. The summed E-state index contributed by atoms with van der Waals surface area (Å²) in [4.78, 5) is 1.05. The zero-order valence-corrected chi connectivity index (χ0v) is 13.0. The van der Waals surface area contributed by atoms with Crippen molar-refractivity contribution in [3.8, 4) is 0 Å². The van der Waals surface area contributed by atoms with Crippen LogP contribution in [0, 0.1) is 5.82 Å². The Bertz CT molecular complexity index is 786. The summed E-state index contributed by atoms with van der Waals surface area (Å²) in [6, 6.07) is 5.55. The molecule has 0 amide bonds. The summed E-state index contributed by atoms with van der Waals surface area (Å²) in [7, 11) is -3.81. The molecule has 1 aliphatic heterocycles. The number of benzene rings is 1. The molecule has 0 bridgehead atoms. The van der Waals surface area contributed by atoms with E-state index in [1.807, 2.05) is 18.4 Å². The van der Waals surface area contributed by atoms with Crippen LogP contribution in [0.5, 0.6) is 0 Å². The maximum Gasteiger partial charge on any atom is 0.245 e. The Hall–Kier alpha value is -1.44. The van der Waals surface area contributed by atoms with Crippen LogP contribution in [0.25, 0.3) is 0 Å². The molecule has 112 valence electrons. The average molecular weight is 326 g/mol. The third-order valence-electron chi connectivity index (χ3n) is 3.82. The molecule has 2 heterocycles. The molecule has 2 aromatic rings. The van der Waals surface area contributed by atoms with Crippen molar-refractivity contribution in [2.24, 2.45) is 0 Å². The van der Waals surface area contributed by atoms with E-state index in [1.165, 1.54) is 21.3 Å². The lowest BCUT2D eigenvalue weighted by Crippen LogP contribution is -2.38. The Kier molecular flexibility index (Phi) is 3.51. The van der Waals surface area contributed by atoms with Crippen LogP contribution in [0.3, 0.4) is 0 Å². The molecule has 3 rings (SSSR count). The number of rotatable bonds is 2. The second-order valence-electron chi connectivity index (χ2n) is 4.99. The van der Waals surface area contributed by atoms with E-state index >= 15 is 0 Å². The van der Waals surface area contributed by atoms with E-state index in [2.05, 4.69) is 0 Å². The number of halogens is 1. The van der Waals surface area contributed by atoms with E-state index in [0.717, 1.165) is 11.6 Å². The number of para-hydroxylation sites is 1. The molecular weight excluding hydrogens is 311 g/mol. The van der Waals surface area contributed by atoms with Crippen molar-refractivity contribution in [3.63, 3.8) is 0 Å². The summed E-state index contributed by atoms with van der Waals surface area (Å²) in [5, 5.41) is 1.97. The lowest BCUT2D eigenvalue weighted by atomic mass is 10.0. The molecule has 0 saturated heterocycles. The van der Waals surface area contributed by atoms with E-state index in [9.17, 15) is 12.8 Å². The van der Waals surface area contributed by atoms with Gasteiger partial charge in [0, 0.05) is 17.5 Å². The smallest absolute Gasteiger partial charge is 0.245 e. The third-order valence-corrected chi connectivity index (χ3v) is 6.85. The first-order valence-corrected chi connectivity index (χ1v) is 8.87. The Labute approximate surface area is 127 Å². The molecule has 4 nitrogen and oxygen atoms in total. The van der Waals surface area contributed by atoms with Crippen LogP contribution in [0.1, 0.15) is 23.4 Å². The first-order chi connectivity index (χ1) is 9.93. The van der Waals surface area contributed by atoms with Gasteiger partial charge in [-0.2, -0.15) is 4.31 Å². The molecule has 1 aromatic carbocycles. The highest BCUT2D eigenvalue weighted by Gasteiger charge is 2.35. The quantitative estimate of drug-likeness (QED) is 0.863. The molecule has 1 unspecified atom stereocenters. The monoisotopic (exact) mass is 326 g/mol. The SMILES string of the molecule is CC1c2ccsc2CCN1S(=O)(=O)c1cccc(F)c1N. The number of thiophene rings is 1. The molecule has 1 atom stereocenters. The van der Waals surface area contributed by atoms with Gasteiger partial charge in [0.05, 0.1) is 5.69 Å².